The van der Waals surface area contributed by atoms with Gasteiger partial charge >= 0.3 is 0 Å². The Bertz CT molecular complexity index is 708. The van der Waals surface area contributed by atoms with E-state index in [-0.39, 0.29) is 30.2 Å². The van der Waals surface area contributed by atoms with Crippen LogP contribution >= 0.6 is 0 Å². The minimum Gasteiger partial charge on any atom is -0.320 e. The van der Waals surface area contributed by atoms with Crippen LogP contribution in [-0.4, -0.2) is 28.7 Å². The number of rotatable bonds is 2. The van der Waals surface area contributed by atoms with E-state index in [1.54, 1.807) is 4.90 Å². The molecule has 1 aromatic carbocycles. The number of nitrogens with one attached hydrogen (secondary N) is 1. The van der Waals surface area contributed by atoms with E-state index in [1.165, 1.54) is 0 Å². The molecule has 1 saturated heterocycles. The molecule has 0 radical (unpaired) electrons. The Hall–Kier alpha value is -2.43. The molecule has 0 spiro atoms. The summed E-state index contributed by atoms with van der Waals surface area (Å²) in [4.78, 5) is 37.9. The summed E-state index contributed by atoms with van der Waals surface area (Å²) in [6.45, 7) is 7.71. The highest BCUT2D eigenvalue weighted by atomic mass is 16.2. The number of fused-ring (bicyclic) bond motifs is 1. The largest absolute Gasteiger partial charge is 0.320 e. The van der Waals surface area contributed by atoms with Crippen molar-refractivity contribution < 1.29 is 14.4 Å². The first kappa shape index (κ1) is 14.5. The van der Waals surface area contributed by atoms with Gasteiger partial charge in [-0.2, -0.15) is 0 Å². The lowest BCUT2D eigenvalue weighted by atomic mass is 9.96. The van der Waals surface area contributed by atoms with Crippen molar-refractivity contribution in [3.05, 3.63) is 41.5 Å². The lowest BCUT2D eigenvalue weighted by Gasteiger charge is -2.32. The standard InChI is InChI=1S/C17H18N2O3/c1-9(2)11-5-4-6-12-10(3)19(17(22)15(11)12)13-7-8-14(20)18-16(13)21/h4-6,10,13H,1,7-8H2,2-3H3,(H,18,20,21). The number of amides is 3. The van der Waals surface area contributed by atoms with E-state index in [9.17, 15) is 14.4 Å². The molecule has 2 aliphatic heterocycles. The average molecular weight is 298 g/mol. The Kier molecular flexibility index (Phi) is 3.35. The van der Waals surface area contributed by atoms with Crippen LogP contribution in [0.15, 0.2) is 24.8 Å². The zero-order valence-corrected chi connectivity index (χ0v) is 12.7. The van der Waals surface area contributed by atoms with Gasteiger partial charge in [0.15, 0.2) is 0 Å². The third kappa shape index (κ3) is 2.04. The molecule has 0 saturated carbocycles. The number of nitrogens with zero attached hydrogens (tertiary/aromatic N) is 1. The molecule has 2 unspecified atom stereocenters. The third-order valence-corrected chi connectivity index (χ3v) is 4.42. The van der Waals surface area contributed by atoms with Crippen molar-refractivity contribution in [2.75, 3.05) is 0 Å². The summed E-state index contributed by atoms with van der Waals surface area (Å²) in [5.74, 6) is -0.822. The summed E-state index contributed by atoms with van der Waals surface area (Å²) in [5, 5.41) is 2.32. The SMILES string of the molecule is C=C(C)c1cccc2c1C(=O)N(C1CCC(=O)NC1=O)C2C. The Balaban J connectivity index is 2.02. The van der Waals surface area contributed by atoms with Crippen LogP contribution in [-0.2, 0) is 9.59 Å². The van der Waals surface area contributed by atoms with Gasteiger partial charge < -0.3 is 4.90 Å². The van der Waals surface area contributed by atoms with Crippen LogP contribution in [0.1, 0.15) is 54.2 Å². The van der Waals surface area contributed by atoms with Gasteiger partial charge in [-0.1, -0.05) is 30.4 Å². The molecule has 5 nitrogen and oxygen atoms in total. The molecule has 2 heterocycles. The monoisotopic (exact) mass is 298 g/mol. The fraction of sp³-hybridized carbons (Fsp3) is 0.353. The van der Waals surface area contributed by atoms with E-state index in [4.69, 9.17) is 0 Å². The Labute approximate surface area is 129 Å². The molecule has 3 amide bonds. The first-order valence-corrected chi connectivity index (χ1v) is 7.37. The van der Waals surface area contributed by atoms with Crippen LogP contribution in [0.2, 0.25) is 0 Å². The van der Waals surface area contributed by atoms with Crippen molar-refractivity contribution >= 4 is 23.3 Å². The number of carbonyl (C=O) groups is 3. The number of allylic oxidation sites excluding steroid dienone is 1. The summed E-state index contributed by atoms with van der Waals surface area (Å²) in [7, 11) is 0. The summed E-state index contributed by atoms with van der Waals surface area (Å²) >= 11 is 0. The second kappa shape index (κ2) is 5.09. The van der Waals surface area contributed by atoms with Crippen molar-refractivity contribution in [2.45, 2.75) is 38.8 Å². The van der Waals surface area contributed by atoms with E-state index in [0.29, 0.717) is 12.0 Å². The van der Waals surface area contributed by atoms with E-state index < -0.39 is 6.04 Å². The highest BCUT2D eigenvalue weighted by Crippen LogP contribution is 2.39. The minimum absolute atomic E-state index is 0.157. The van der Waals surface area contributed by atoms with Gasteiger partial charge in [0.2, 0.25) is 11.8 Å². The summed E-state index contributed by atoms with van der Waals surface area (Å²) in [6, 6.07) is 4.91. The van der Waals surface area contributed by atoms with Gasteiger partial charge in [0.25, 0.3) is 5.91 Å². The fourth-order valence-corrected chi connectivity index (χ4v) is 3.33. The smallest absolute Gasteiger partial charge is 0.256 e. The van der Waals surface area contributed by atoms with Crippen molar-refractivity contribution in [3.8, 4) is 0 Å². The van der Waals surface area contributed by atoms with E-state index in [2.05, 4.69) is 11.9 Å². The van der Waals surface area contributed by atoms with Gasteiger partial charge in [-0.3, -0.25) is 19.7 Å². The molecule has 0 aliphatic carbocycles. The number of hydrogen-bond acceptors (Lipinski definition) is 3. The molecular weight excluding hydrogens is 280 g/mol. The molecule has 0 aromatic heterocycles. The minimum atomic E-state index is -0.592. The molecule has 2 aliphatic rings. The molecule has 1 N–H and O–H groups in total. The Morgan fingerprint density at radius 3 is 2.68 bits per heavy atom. The predicted molar refractivity (Wildman–Crippen MR) is 81.9 cm³/mol. The third-order valence-electron chi connectivity index (χ3n) is 4.42. The number of hydrogen-bond donors (Lipinski definition) is 1. The van der Waals surface area contributed by atoms with Crippen molar-refractivity contribution in [2.24, 2.45) is 0 Å². The number of benzene rings is 1. The highest BCUT2D eigenvalue weighted by molar-refractivity contribution is 6.07. The molecule has 22 heavy (non-hydrogen) atoms. The fourth-order valence-electron chi connectivity index (χ4n) is 3.33. The first-order chi connectivity index (χ1) is 10.4. The first-order valence-electron chi connectivity index (χ1n) is 7.37. The van der Waals surface area contributed by atoms with E-state index in [1.807, 2.05) is 32.0 Å². The maximum absolute atomic E-state index is 12.9. The molecule has 114 valence electrons. The zero-order chi connectivity index (χ0) is 16.0. The maximum atomic E-state index is 12.9. The summed E-state index contributed by atoms with van der Waals surface area (Å²) < 4.78 is 0. The Morgan fingerprint density at radius 2 is 2.05 bits per heavy atom. The topological polar surface area (TPSA) is 66.5 Å². The van der Waals surface area contributed by atoms with E-state index >= 15 is 0 Å². The van der Waals surface area contributed by atoms with Crippen LogP contribution in [0.25, 0.3) is 5.57 Å². The Morgan fingerprint density at radius 1 is 1.32 bits per heavy atom. The maximum Gasteiger partial charge on any atom is 0.256 e. The molecule has 5 heteroatoms. The van der Waals surface area contributed by atoms with Gasteiger partial charge in [0.05, 0.1) is 11.6 Å². The normalized spacial score (nSPS) is 24.3. The van der Waals surface area contributed by atoms with Crippen LogP contribution in [0.4, 0.5) is 0 Å². The summed E-state index contributed by atoms with van der Waals surface area (Å²) in [5.41, 5.74) is 3.19. The second-order valence-electron chi connectivity index (χ2n) is 5.91. The molecular formula is C17H18N2O3. The van der Waals surface area contributed by atoms with Crippen molar-refractivity contribution in [3.63, 3.8) is 0 Å². The highest BCUT2D eigenvalue weighted by Gasteiger charge is 2.43. The van der Waals surface area contributed by atoms with Crippen LogP contribution in [0.3, 0.4) is 0 Å². The van der Waals surface area contributed by atoms with Gasteiger partial charge in [0, 0.05) is 6.42 Å². The average Bonchev–Trinajstić information content (AvgIpc) is 2.72. The lowest BCUT2D eigenvalue weighted by molar-refractivity contribution is -0.137. The lowest BCUT2D eigenvalue weighted by Crippen LogP contribution is -2.53. The molecule has 2 atom stereocenters. The van der Waals surface area contributed by atoms with Crippen molar-refractivity contribution in [1.82, 2.24) is 10.2 Å². The van der Waals surface area contributed by atoms with Gasteiger partial charge in [0.1, 0.15) is 6.04 Å². The predicted octanol–water partition coefficient (Wildman–Crippen LogP) is 2.04. The number of piperidine rings is 1. The van der Waals surface area contributed by atoms with Gasteiger partial charge in [-0.15, -0.1) is 0 Å². The van der Waals surface area contributed by atoms with Gasteiger partial charge in [-0.25, -0.2) is 0 Å². The quantitative estimate of drug-likeness (QED) is 0.850. The zero-order valence-electron chi connectivity index (χ0n) is 12.7. The number of imide groups is 1. The molecule has 3 rings (SSSR count). The van der Waals surface area contributed by atoms with Crippen molar-refractivity contribution in [1.29, 1.82) is 0 Å². The molecule has 1 fully saturated rings. The second-order valence-corrected chi connectivity index (χ2v) is 5.91. The van der Waals surface area contributed by atoms with Crippen LogP contribution in [0, 0.1) is 0 Å². The van der Waals surface area contributed by atoms with Crippen LogP contribution in [0.5, 0.6) is 0 Å². The van der Waals surface area contributed by atoms with E-state index in [0.717, 1.165) is 16.7 Å². The molecule has 1 aromatic rings. The number of carbonyl (C=O) groups excluding carboxylic acids is 3. The van der Waals surface area contributed by atoms with Gasteiger partial charge in [-0.05, 0) is 31.4 Å². The summed E-state index contributed by atoms with van der Waals surface area (Å²) in [6.07, 6.45) is 0.633. The molecule has 0 bridgehead atoms. The van der Waals surface area contributed by atoms with Crippen LogP contribution < -0.4 is 5.32 Å².